The number of benzene rings is 1. The Morgan fingerprint density at radius 3 is 2.67 bits per heavy atom. The standard InChI is InChI=1S/C15H19N3O5.ClH/c1-2-6-16(10-15(20)21)9-14(19)17-7-5-11-3-4-12(18(22)23)8-13(11)17;/h3-4,8H,2,5-7,9-10H2,1H3,(H,20,21);1H. The van der Waals surface area contributed by atoms with E-state index in [0.717, 1.165) is 12.0 Å². The molecule has 1 aliphatic rings. The number of nitro benzene ring substituents is 1. The molecule has 0 fully saturated rings. The highest BCUT2D eigenvalue weighted by atomic mass is 35.5. The Bertz CT molecular complexity index is 638. The van der Waals surface area contributed by atoms with Gasteiger partial charge in [-0.05, 0) is 24.9 Å². The zero-order valence-corrected chi connectivity index (χ0v) is 14.1. The van der Waals surface area contributed by atoms with Gasteiger partial charge in [-0.1, -0.05) is 13.0 Å². The van der Waals surface area contributed by atoms with Crippen LogP contribution in [0.3, 0.4) is 0 Å². The molecule has 0 aromatic heterocycles. The fourth-order valence-electron chi connectivity index (χ4n) is 2.74. The van der Waals surface area contributed by atoms with Crippen LogP contribution >= 0.6 is 12.4 Å². The lowest BCUT2D eigenvalue weighted by atomic mass is 10.1. The summed E-state index contributed by atoms with van der Waals surface area (Å²) in [6, 6.07) is 4.50. The molecule has 0 saturated heterocycles. The molecule has 1 N–H and O–H groups in total. The molecule has 132 valence electrons. The number of halogens is 1. The van der Waals surface area contributed by atoms with Crippen LogP contribution in [0, 0.1) is 10.1 Å². The molecule has 0 bridgehead atoms. The molecular formula is C15H20ClN3O5. The predicted molar refractivity (Wildman–Crippen MR) is 90.8 cm³/mol. The Morgan fingerprint density at radius 1 is 1.38 bits per heavy atom. The quantitative estimate of drug-likeness (QED) is 0.588. The zero-order chi connectivity index (χ0) is 17.0. The number of hydrogen-bond donors (Lipinski definition) is 1. The van der Waals surface area contributed by atoms with E-state index in [4.69, 9.17) is 5.11 Å². The second kappa shape index (κ2) is 8.60. The van der Waals surface area contributed by atoms with Gasteiger partial charge >= 0.3 is 5.97 Å². The number of rotatable bonds is 7. The van der Waals surface area contributed by atoms with Crippen LogP contribution in [0.15, 0.2) is 18.2 Å². The highest BCUT2D eigenvalue weighted by molar-refractivity contribution is 5.97. The number of non-ortho nitro benzene ring substituents is 1. The zero-order valence-electron chi connectivity index (χ0n) is 13.3. The van der Waals surface area contributed by atoms with Crippen LogP contribution in [0.1, 0.15) is 18.9 Å². The molecule has 24 heavy (non-hydrogen) atoms. The van der Waals surface area contributed by atoms with Gasteiger partial charge in [-0.2, -0.15) is 0 Å². The van der Waals surface area contributed by atoms with Gasteiger partial charge in [0.05, 0.1) is 23.7 Å². The average molecular weight is 358 g/mol. The molecule has 1 aromatic rings. The maximum atomic E-state index is 12.5. The van der Waals surface area contributed by atoms with Gasteiger partial charge in [0.25, 0.3) is 5.69 Å². The summed E-state index contributed by atoms with van der Waals surface area (Å²) >= 11 is 0. The molecule has 0 atom stereocenters. The van der Waals surface area contributed by atoms with Crippen LogP contribution in [0.5, 0.6) is 0 Å². The number of carboxylic acids is 1. The fourth-order valence-corrected chi connectivity index (χ4v) is 2.74. The lowest BCUT2D eigenvalue weighted by Crippen LogP contribution is -2.42. The number of nitrogens with zero attached hydrogens (tertiary/aromatic N) is 3. The van der Waals surface area contributed by atoms with Crippen LogP contribution in [0.2, 0.25) is 0 Å². The van der Waals surface area contributed by atoms with Crippen molar-refractivity contribution in [3.63, 3.8) is 0 Å². The minimum atomic E-state index is -0.983. The first-order valence-corrected chi connectivity index (χ1v) is 7.44. The van der Waals surface area contributed by atoms with Gasteiger partial charge in [0, 0.05) is 18.7 Å². The smallest absolute Gasteiger partial charge is 0.317 e. The lowest BCUT2D eigenvalue weighted by molar-refractivity contribution is -0.384. The molecule has 2 rings (SSSR count). The fraction of sp³-hybridized carbons (Fsp3) is 0.467. The van der Waals surface area contributed by atoms with Crippen molar-refractivity contribution in [3.8, 4) is 0 Å². The van der Waals surface area contributed by atoms with Gasteiger partial charge in [-0.25, -0.2) is 0 Å². The summed E-state index contributed by atoms with van der Waals surface area (Å²) in [7, 11) is 0. The van der Waals surface area contributed by atoms with Crippen molar-refractivity contribution in [3.05, 3.63) is 33.9 Å². The first kappa shape index (κ1) is 19.9. The number of amides is 1. The van der Waals surface area contributed by atoms with Crippen LogP contribution in [0.25, 0.3) is 0 Å². The van der Waals surface area contributed by atoms with Gasteiger partial charge in [0.2, 0.25) is 5.91 Å². The van der Waals surface area contributed by atoms with Crippen molar-refractivity contribution in [1.29, 1.82) is 0 Å². The number of anilines is 1. The molecule has 0 saturated carbocycles. The highest BCUT2D eigenvalue weighted by Crippen LogP contribution is 2.31. The Kier molecular flexibility index (Phi) is 7.12. The van der Waals surface area contributed by atoms with Gasteiger partial charge in [0.1, 0.15) is 0 Å². The molecule has 1 heterocycles. The first-order chi connectivity index (χ1) is 10.9. The first-order valence-electron chi connectivity index (χ1n) is 7.44. The van der Waals surface area contributed by atoms with Crippen LogP contribution < -0.4 is 4.90 Å². The molecule has 1 aromatic carbocycles. The highest BCUT2D eigenvalue weighted by Gasteiger charge is 2.28. The molecule has 0 unspecified atom stereocenters. The number of aliphatic carboxylic acids is 1. The van der Waals surface area contributed by atoms with Gasteiger partial charge in [-0.15, -0.1) is 12.4 Å². The van der Waals surface area contributed by atoms with Crippen molar-refractivity contribution < 1.29 is 19.6 Å². The molecule has 8 nitrogen and oxygen atoms in total. The maximum absolute atomic E-state index is 12.5. The van der Waals surface area contributed by atoms with Crippen molar-refractivity contribution in [2.75, 3.05) is 31.1 Å². The number of hydrogen-bond acceptors (Lipinski definition) is 5. The second-order valence-electron chi connectivity index (χ2n) is 5.47. The lowest BCUT2D eigenvalue weighted by Gasteiger charge is -2.23. The van der Waals surface area contributed by atoms with E-state index in [1.54, 1.807) is 11.0 Å². The van der Waals surface area contributed by atoms with Gasteiger partial charge < -0.3 is 10.0 Å². The Labute approximate surface area is 145 Å². The van der Waals surface area contributed by atoms with E-state index in [2.05, 4.69) is 0 Å². The average Bonchev–Trinajstić information content (AvgIpc) is 2.89. The molecule has 0 spiro atoms. The van der Waals surface area contributed by atoms with E-state index in [1.165, 1.54) is 17.0 Å². The number of fused-ring (bicyclic) bond motifs is 1. The third-order valence-electron chi connectivity index (χ3n) is 3.73. The summed E-state index contributed by atoms with van der Waals surface area (Å²) in [5.41, 5.74) is 1.39. The van der Waals surface area contributed by atoms with Gasteiger partial charge in [0.15, 0.2) is 0 Å². The largest absolute Gasteiger partial charge is 0.480 e. The van der Waals surface area contributed by atoms with Crippen LogP contribution in [-0.4, -0.2) is 53.0 Å². The van der Waals surface area contributed by atoms with Crippen molar-refractivity contribution in [2.24, 2.45) is 0 Å². The van der Waals surface area contributed by atoms with Crippen LogP contribution in [0.4, 0.5) is 11.4 Å². The summed E-state index contributed by atoms with van der Waals surface area (Å²) in [6.07, 6.45) is 1.38. The molecule has 1 amide bonds. The molecule has 0 radical (unpaired) electrons. The SMILES string of the molecule is CCCN(CC(=O)O)CC(=O)N1CCc2ccc([N+](=O)[O-])cc21.Cl. The topological polar surface area (TPSA) is 104 Å². The molecule has 9 heteroatoms. The summed E-state index contributed by atoms with van der Waals surface area (Å²) in [4.78, 5) is 36.8. The molecular weight excluding hydrogens is 338 g/mol. The number of nitro groups is 1. The Hall–Kier alpha value is -2.19. The van der Waals surface area contributed by atoms with E-state index in [0.29, 0.717) is 25.2 Å². The second-order valence-corrected chi connectivity index (χ2v) is 5.47. The monoisotopic (exact) mass is 357 g/mol. The van der Waals surface area contributed by atoms with E-state index >= 15 is 0 Å². The number of carboxylic acid groups (broad SMARTS) is 1. The van der Waals surface area contributed by atoms with Crippen LogP contribution in [-0.2, 0) is 16.0 Å². The third kappa shape index (κ3) is 4.65. The Morgan fingerprint density at radius 2 is 2.08 bits per heavy atom. The summed E-state index contributed by atoms with van der Waals surface area (Å²) < 4.78 is 0. The normalized spacial score (nSPS) is 12.7. The van der Waals surface area contributed by atoms with E-state index in [-0.39, 0.29) is 37.1 Å². The summed E-state index contributed by atoms with van der Waals surface area (Å²) in [6.45, 7) is 2.67. The Balaban J connectivity index is 0.00000288. The van der Waals surface area contributed by atoms with Crippen molar-refractivity contribution in [2.45, 2.75) is 19.8 Å². The third-order valence-corrected chi connectivity index (χ3v) is 3.73. The van der Waals surface area contributed by atoms with Gasteiger partial charge in [-0.3, -0.25) is 24.6 Å². The predicted octanol–water partition coefficient (Wildman–Crippen LogP) is 1.70. The van der Waals surface area contributed by atoms with Crippen molar-refractivity contribution >= 4 is 35.7 Å². The number of carbonyl (C=O) groups excluding carboxylic acids is 1. The molecule has 1 aliphatic heterocycles. The maximum Gasteiger partial charge on any atom is 0.317 e. The summed E-state index contributed by atoms with van der Waals surface area (Å²) in [5, 5.41) is 19.8. The van der Waals surface area contributed by atoms with E-state index < -0.39 is 10.9 Å². The minimum Gasteiger partial charge on any atom is -0.480 e. The van der Waals surface area contributed by atoms with E-state index in [1.807, 2.05) is 6.92 Å². The van der Waals surface area contributed by atoms with Crippen molar-refractivity contribution in [1.82, 2.24) is 4.90 Å². The van der Waals surface area contributed by atoms with E-state index in [9.17, 15) is 19.7 Å². The molecule has 0 aliphatic carbocycles. The minimum absolute atomic E-state index is 0. The summed E-state index contributed by atoms with van der Waals surface area (Å²) in [5.74, 6) is -1.22. The number of carbonyl (C=O) groups is 2.